The molecule has 3 aromatic rings. The van der Waals surface area contributed by atoms with Gasteiger partial charge in [0.25, 0.3) is 5.56 Å². The number of rotatable bonds is 7. The van der Waals surface area contributed by atoms with E-state index in [1.165, 1.54) is 11.0 Å². The van der Waals surface area contributed by atoms with Gasteiger partial charge >= 0.3 is 0 Å². The van der Waals surface area contributed by atoms with Gasteiger partial charge in [0.2, 0.25) is 11.8 Å². The Morgan fingerprint density at radius 1 is 1.09 bits per heavy atom. The van der Waals surface area contributed by atoms with E-state index in [1.54, 1.807) is 30.3 Å². The van der Waals surface area contributed by atoms with Crippen LogP contribution in [0.4, 0.5) is 5.69 Å². The maximum atomic E-state index is 13.3. The Morgan fingerprint density at radius 2 is 1.85 bits per heavy atom. The second-order valence-electron chi connectivity index (χ2n) is 8.85. The Balaban J connectivity index is 1.52. The van der Waals surface area contributed by atoms with Crippen LogP contribution in [0.1, 0.15) is 49.8 Å². The summed E-state index contributed by atoms with van der Waals surface area (Å²) in [5.74, 6) is -0.410. The summed E-state index contributed by atoms with van der Waals surface area (Å²) in [7, 11) is 0. The van der Waals surface area contributed by atoms with Gasteiger partial charge in [-0.05, 0) is 49.6 Å². The molecule has 1 aromatic heterocycles. The molecule has 0 bridgehead atoms. The first-order chi connectivity index (χ1) is 16.4. The number of nitrogens with zero attached hydrogens (tertiary/aromatic N) is 2. The van der Waals surface area contributed by atoms with Gasteiger partial charge in [-0.3, -0.25) is 19.0 Å². The summed E-state index contributed by atoms with van der Waals surface area (Å²) in [5, 5.41) is 6.43. The summed E-state index contributed by atoms with van der Waals surface area (Å²) in [6, 6.07) is 12.7. The molecule has 0 spiro atoms. The van der Waals surface area contributed by atoms with Crippen LogP contribution in [0.15, 0.2) is 47.3 Å². The summed E-state index contributed by atoms with van der Waals surface area (Å²) < 4.78 is 1.42. The number of nitrogens with one attached hydrogen (secondary N) is 2. The molecule has 178 valence electrons. The fraction of sp³-hybridized carbons (Fsp3) is 0.385. The molecule has 8 heteroatoms. The van der Waals surface area contributed by atoms with E-state index in [0.29, 0.717) is 21.7 Å². The van der Waals surface area contributed by atoms with Crippen LogP contribution in [0.25, 0.3) is 11.0 Å². The number of fused-ring (bicyclic) bond motifs is 1. The molecule has 0 atom stereocenters. The lowest BCUT2D eigenvalue weighted by Crippen LogP contribution is -2.37. The van der Waals surface area contributed by atoms with Gasteiger partial charge in [-0.2, -0.15) is 0 Å². The van der Waals surface area contributed by atoms with Crippen LogP contribution in [0, 0.1) is 6.92 Å². The highest BCUT2D eigenvalue weighted by Gasteiger charge is 2.18. The van der Waals surface area contributed by atoms with Crippen molar-refractivity contribution in [1.29, 1.82) is 0 Å². The maximum Gasteiger partial charge on any atom is 0.273 e. The van der Waals surface area contributed by atoms with Crippen molar-refractivity contribution in [3.63, 3.8) is 0 Å². The molecule has 0 unspecified atom stereocenters. The largest absolute Gasteiger partial charge is 0.353 e. The van der Waals surface area contributed by atoms with Crippen LogP contribution in [-0.2, 0) is 22.6 Å². The molecule has 7 nitrogen and oxygen atoms in total. The van der Waals surface area contributed by atoms with E-state index in [4.69, 9.17) is 11.6 Å². The van der Waals surface area contributed by atoms with Gasteiger partial charge in [-0.15, -0.1) is 0 Å². The second kappa shape index (κ2) is 10.8. The van der Waals surface area contributed by atoms with E-state index in [2.05, 4.69) is 15.6 Å². The lowest BCUT2D eigenvalue weighted by Gasteiger charge is -2.22. The van der Waals surface area contributed by atoms with Crippen LogP contribution in [0.3, 0.4) is 0 Å². The molecule has 0 aliphatic heterocycles. The third kappa shape index (κ3) is 5.83. The van der Waals surface area contributed by atoms with Crippen molar-refractivity contribution in [1.82, 2.24) is 14.9 Å². The fourth-order valence-corrected chi connectivity index (χ4v) is 4.58. The third-order valence-electron chi connectivity index (χ3n) is 6.25. The molecule has 1 fully saturated rings. The minimum Gasteiger partial charge on any atom is -0.353 e. The molecular weight excluding hydrogens is 452 g/mol. The number of carbonyl (C=O) groups excluding carboxylic acids is 2. The summed E-state index contributed by atoms with van der Waals surface area (Å²) in [6.07, 6.45) is 5.92. The predicted octanol–water partition coefficient (Wildman–Crippen LogP) is 4.38. The van der Waals surface area contributed by atoms with Gasteiger partial charge in [0.1, 0.15) is 12.2 Å². The number of halogens is 1. The predicted molar refractivity (Wildman–Crippen MR) is 134 cm³/mol. The summed E-state index contributed by atoms with van der Waals surface area (Å²) >= 11 is 6.06. The number of amides is 2. The van der Waals surface area contributed by atoms with Crippen LogP contribution in [-0.4, -0.2) is 27.4 Å². The number of benzene rings is 2. The first kappa shape index (κ1) is 24.0. The van der Waals surface area contributed by atoms with Gasteiger partial charge < -0.3 is 10.6 Å². The van der Waals surface area contributed by atoms with Crippen molar-refractivity contribution in [3.8, 4) is 0 Å². The quantitative estimate of drug-likeness (QED) is 0.524. The molecule has 0 saturated heterocycles. The van der Waals surface area contributed by atoms with Gasteiger partial charge in [0.05, 0.1) is 11.0 Å². The summed E-state index contributed by atoms with van der Waals surface area (Å²) in [5.41, 5.74) is 2.57. The number of hydrogen-bond donors (Lipinski definition) is 2. The molecule has 2 aromatic carbocycles. The maximum absolute atomic E-state index is 13.3. The van der Waals surface area contributed by atoms with Crippen LogP contribution < -0.4 is 16.2 Å². The lowest BCUT2D eigenvalue weighted by atomic mass is 9.95. The molecule has 34 heavy (non-hydrogen) atoms. The van der Waals surface area contributed by atoms with E-state index in [-0.39, 0.29) is 48.5 Å². The highest BCUT2D eigenvalue weighted by molar-refractivity contribution is 6.31. The number of aromatic nitrogens is 2. The van der Waals surface area contributed by atoms with E-state index >= 15 is 0 Å². The Hall–Kier alpha value is -3.19. The molecule has 1 aliphatic rings. The van der Waals surface area contributed by atoms with Crippen molar-refractivity contribution in [2.24, 2.45) is 0 Å². The van der Waals surface area contributed by atoms with Gasteiger partial charge in [-0.25, -0.2) is 4.98 Å². The van der Waals surface area contributed by atoms with Crippen molar-refractivity contribution in [2.75, 3.05) is 5.32 Å². The first-order valence-electron chi connectivity index (χ1n) is 11.7. The van der Waals surface area contributed by atoms with Crippen molar-refractivity contribution in [2.45, 2.75) is 64.5 Å². The Morgan fingerprint density at radius 3 is 2.65 bits per heavy atom. The second-order valence-corrected chi connectivity index (χ2v) is 9.28. The zero-order chi connectivity index (χ0) is 24.1. The molecule has 4 rings (SSSR count). The number of aryl methyl sites for hydroxylation is 2. The average molecular weight is 481 g/mol. The van der Waals surface area contributed by atoms with Gasteiger partial charge in [-0.1, -0.05) is 49.1 Å². The molecule has 2 N–H and O–H groups in total. The molecule has 2 amide bonds. The van der Waals surface area contributed by atoms with Crippen molar-refractivity contribution < 1.29 is 9.59 Å². The molecule has 1 heterocycles. The highest BCUT2D eigenvalue weighted by atomic mass is 35.5. The highest BCUT2D eigenvalue weighted by Crippen LogP contribution is 2.20. The van der Waals surface area contributed by atoms with Crippen LogP contribution in [0.5, 0.6) is 0 Å². The lowest BCUT2D eigenvalue weighted by molar-refractivity contribution is -0.122. The Kier molecular flexibility index (Phi) is 7.63. The number of anilines is 1. The van der Waals surface area contributed by atoms with E-state index in [9.17, 15) is 14.4 Å². The van der Waals surface area contributed by atoms with E-state index < -0.39 is 0 Å². The van der Waals surface area contributed by atoms with Crippen LogP contribution in [0.2, 0.25) is 5.02 Å². The Bertz CT molecular complexity index is 1260. The summed E-state index contributed by atoms with van der Waals surface area (Å²) in [6.45, 7) is 1.70. The van der Waals surface area contributed by atoms with Crippen molar-refractivity contribution >= 4 is 40.1 Å². The molecule has 1 saturated carbocycles. The van der Waals surface area contributed by atoms with Crippen LogP contribution >= 0.6 is 11.6 Å². The Labute approximate surface area is 203 Å². The zero-order valence-electron chi connectivity index (χ0n) is 19.3. The van der Waals surface area contributed by atoms with E-state index in [1.807, 2.05) is 19.1 Å². The molecule has 1 aliphatic carbocycles. The average Bonchev–Trinajstić information content (AvgIpc) is 2.83. The minimum absolute atomic E-state index is 0.0676. The fourth-order valence-electron chi connectivity index (χ4n) is 4.41. The van der Waals surface area contributed by atoms with Gasteiger partial charge in [0.15, 0.2) is 0 Å². The molecule has 0 radical (unpaired) electrons. The van der Waals surface area contributed by atoms with E-state index in [0.717, 1.165) is 31.2 Å². The third-order valence-corrected chi connectivity index (χ3v) is 6.49. The minimum atomic E-state index is -0.359. The van der Waals surface area contributed by atoms with Crippen molar-refractivity contribution in [3.05, 3.63) is 69.1 Å². The SMILES string of the molecule is Cc1ccc(Cl)cc1NC(=O)Cn1c(=O)c(CCC(=O)NC2CCCCC2)nc2ccccc21. The zero-order valence-corrected chi connectivity index (χ0v) is 20.0. The number of carbonyl (C=O) groups is 2. The normalized spacial score (nSPS) is 14.2. The number of hydrogen-bond acceptors (Lipinski definition) is 4. The first-order valence-corrected chi connectivity index (χ1v) is 12.1. The molecular formula is C26H29ClN4O3. The summed E-state index contributed by atoms with van der Waals surface area (Å²) in [4.78, 5) is 43.1. The smallest absolute Gasteiger partial charge is 0.273 e. The monoisotopic (exact) mass is 480 g/mol. The standard InChI is InChI=1S/C26H29ClN4O3/c1-17-11-12-18(27)15-22(17)30-25(33)16-31-23-10-6-5-9-20(23)29-21(26(31)34)13-14-24(32)28-19-7-3-2-4-8-19/h5-6,9-12,15,19H,2-4,7-8,13-14,16H2,1H3,(H,28,32)(H,30,33). The van der Waals surface area contributed by atoms with Gasteiger partial charge in [0, 0.05) is 29.6 Å². The number of para-hydroxylation sites is 2. The topological polar surface area (TPSA) is 93.1 Å².